The largest absolute Gasteiger partial charge is 1.00 e. The highest BCUT2D eigenvalue weighted by atomic mass is 35.5. The molecule has 7 heteroatoms. The Bertz CT molecular complexity index is 1050. The van der Waals surface area contributed by atoms with Crippen LogP contribution in [0, 0.1) is 23.2 Å². The molecule has 0 bridgehead atoms. The van der Waals surface area contributed by atoms with Crippen LogP contribution in [0.2, 0.25) is 0 Å². The van der Waals surface area contributed by atoms with Gasteiger partial charge in [-0.1, -0.05) is 25.5 Å². The lowest BCUT2D eigenvalue weighted by atomic mass is 9.55. The zero-order valence-electron chi connectivity index (χ0n) is 19.6. The summed E-state index contributed by atoms with van der Waals surface area (Å²) < 4.78 is 11.1. The first kappa shape index (κ1) is 24.1. The third kappa shape index (κ3) is 3.96. The quantitative estimate of drug-likeness (QED) is 0.301. The van der Waals surface area contributed by atoms with Gasteiger partial charge in [0.2, 0.25) is 0 Å². The maximum atomic E-state index is 12.8. The number of esters is 1. The molecule has 5 rings (SSSR count). The molecular formula is C26H35ClN2O4. The van der Waals surface area contributed by atoms with Crippen LogP contribution in [-0.2, 0) is 16.0 Å². The first-order valence-electron chi connectivity index (χ1n) is 12.0. The molecule has 0 spiro atoms. The molecule has 0 amide bonds. The number of ether oxygens (including phenoxy) is 2. The van der Waals surface area contributed by atoms with Crippen LogP contribution in [0.1, 0.15) is 38.7 Å². The normalized spacial score (nSPS) is 33.0. The fourth-order valence-electron chi connectivity index (χ4n) is 6.38. The number of aliphatic hydroxyl groups is 1. The van der Waals surface area contributed by atoms with E-state index in [4.69, 9.17) is 9.47 Å². The van der Waals surface area contributed by atoms with Gasteiger partial charge in [-0.05, 0) is 42.5 Å². The summed E-state index contributed by atoms with van der Waals surface area (Å²) in [4.78, 5) is 16.1. The molecule has 2 aromatic rings. The van der Waals surface area contributed by atoms with Gasteiger partial charge in [0.25, 0.3) is 0 Å². The number of H-pyrrole nitrogens is 1. The summed E-state index contributed by atoms with van der Waals surface area (Å²) in [5.74, 6) is 0.775. The molecule has 6 atom stereocenters. The minimum Gasteiger partial charge on any atom is -1.00 e. The molecule has 180 valence electrons. The third-order valence-electron chi connectivity index (χ3n) is 8.58. The average Bonchev–Trinajstić information content (AvgIpc) is 3.33. The number of nitrogens with one attached hydrogen (secondary N) is 1. The molecule has 3 aliphatic rings. The van der Waals surface area contributed by atoms with Gasteiger partial charge in [0.05, 0.1) is 26.3 Å². The minimum absolute atomic E-state index is 0. The van der Waals surface area contributed by atoms with E-state index < -0.39 is 6.10 Å². The maximum Gasteiger partial charge on any atom is 0.315 e. The standard InChI is InChI=1S/C26H34N2O4.ClH/c1-15-5-4-6-17-11-22-23(24(29)26(15,17)2)20(25(30)32-22)14-27-10-9-16-13-28-21-8-7-18(31-3)12-19(16)21;/h6-8,12-13,15,20,22-24,27-29H,4-5,9-11,14H2,1-3H3;1H/t15?,20?,22-,23-,24?,26-;/m1./s1. The number of halogens is 1. The summed E-state index contributed by atoms with van der Waals surface area (Å²) in [6.45, 7) is 5.97. The van der Waals surface area contributed by atoms with E-state index in [-0.39, 0.29) is 41.7 Å². The zero-order chi connectivity index (χ0) is 22.5. The third-order valence-corrected chi connectivity index (χ3v) is 8.58. The van der Waals surface area contributed by atoms with Gasteiger partial charge in [-0.3, -0.25) is 4.79 Å². The van der Waals surface area contributed by atoms with Crippen molar-refractivity contribution in [3.05, 3.63) is 41.6 Å². The second kappa shape index (κ2) is 9.32. The lowest BCUT2D eigenvalue weighted by molar-refractivity contribution is -0.659. The summed E-state index contributed by atoms with van der Waals surface area (Å²) in [6, 6.07) is 6.06. The number of aromatic amines is 1. The smallest absolute Gasteiger partial charge is 0.315 e. The Morgan fingerprint density at radius 2 is 2.18 bits per heavy atom. The number of methoxy groups -OCH3 is 1. The van der Waals surface area contributed by atoms with Crippen molar-refractivity contribution in [3.63, 3.8) is 0 Å². The summed E-state index contributed by atoms with van der Waals surface area (Å²) in [6.07, 6.45) is 7.45. The first-order chi connectivity index (χ1) is 15.4. The molecule has 3 unspecified atom stereocenters. The molecule has 1 saturated heterocycles. The van der Waals surface area contributed by atoms with E-state index >= 15 is 0 Å². The maximum absolute atomic E-state index is 12.8. The lowest BCUT2D eigenvalue weighted by Crippen LogP contribution is -3.00. The van der Waals surface area contributed by atoms with Crippen LogP contribution in [0.5, 0.6) is 5.75 Å². The highest BCUT2D eigenvalue weighted by Crippen LogP contribution is 2.55. The van der Waals surface area contributed by atoms with Gasteiger partial charge < -0.3 is 37.3 Å². The van der Waals surface area contributed by atoms with E-state index in [0.29, 0.717) is 12.5 Å². The summed E-state index contributed by atoms with van der Waals surface area (Å²) in [5, 5.41) is 14.9. The Balaban J connectivity index is 0.00000259. The fraction of sp³-hybridized carbons (Fsp3) is 0.577. The molecule has 6 nitrogen and oxygen atoms in total. The topological polar surface area (TPSA) is 88.2 Å². The predicted octanol–water partition coefficient (Wildman–Crippen LogP) is -0.429. The summed E-state index contributed by atoms with van der Waals surface area (Å²) in [7, 11) is 1.68. The van der Waals surface area contributed by atoms with E-state index in [1.54, 1.807) is 7.11 Å². The van der Waals surface area contributed by atoms with E-state index in [9.17, 15) is 9.90 Å². The molecule has 2 aliphatic carbocycles. The second-order valence-electron chi connectivity index (χ2n) is 10.1. The SMILES string of the molecule is COc1ccc2[nH]cc(CC[NH2+]CC3C(=O)O[C@@H]4CC5=CCCC(C)[C@@]5(C)C(O)[C@H]34)c2c1.[Cl-]. The van der Waals surface area contributed by atoms with E-state index in [1.165, 1.54) is 16.5 Å². The van der Waals surface area contributed by atoms with Crippen LogP contribution in [0.15, 0.2) is 36.0 Å². The van der Waals surface area contributed by atoms with Crippen molar-refractivity contribution >= 4 is 16.9 Å². The van der Waals surface area contributed by atoms with E-state index in [1.807, 2.05) is 12.1 Å². The van der Waals surface area contributed by atoms with Crippen molar-refractivity contribution < 1.29 is 37.1 Å². The second-order valence-corrected chi connectivity index (χ2v) is 10.1. The Labute approximate surface area is 201 Å². The number of aliphatic hydroxyl groups excluding tert-OH is 1. The summed E-state index contributed by atoms with van der Waals surface area (Å²) in [5.41, 5.74) is 3.40. The number of benzene rings is 1. The lowest BCUT2D eigenvalue weighted by Gasteiger charge is -2.51. The van der Waals surface area contributed by atoms with Crippen LogP contribution >= 0.6 is 0 Å². The highest BCUT2D eigenvalue weighted by Gasteiger charge is 2.60. The minimum atomic E-state index is -0.534. The molecule has 4 N–H and O–H groups in total. The van der Waals surface area contributed by atoms with Crippen LogP contribution < -0.4 is 22.5 Å². The van der Waals surface area contributed by atoms with E-state index in [0.717, 1.165) is 43.5 Å². The average molecular weight is 475 g/mol. The Hall–Kier alpha value is -2.02. The number of quaternary nitrogens is 1. The number of hydrogen-bond acceptors (Lipinski definition) is 4. The van der Waals surface area contributed by atoms with Gasteiger partial charge in [0.15, 0.2) is 0 Å². The monoisotopic (exact) mass is 474 g/mol. The van der Waals surface area contributed by atoms with Gasteiger partial charge in [-0.15, -0.1) is 0 Å². The van der Waals surface area contributed by atoms with E-state index in [2.05, 4.69) is 42.5 Å². The molecule has 2 heterocycles. The van der Waals surface area contributed by atoms with Crippen molar-refractivity contribution in [3.8, 4) is 5.75 Å². The first-order valence-corrected chi connectivity index (χ1v) is 12.0. The van der Waals surface area contributed by atoms with Crippen LogP contribution in [0.4, 0.5) is 0 Å². The Kier molecular flexibility index (Phi) is 6.81. The summed E-state index contributed by atoms with van der Waals surface area (Å²) >= 11 is 0. The van der Waals surface area contributed by atoms with Crippen LogP contribution in [0.25, 0.3) is 10.9 Å². The molecular weight excluding hydrogens is 440 g/mol. The number of fused-ring (bicyclic) bond motifs is 3. The van der Waals surface area contributed by atoms with Gasteiger partial charge in [-0.2, -0.15) is 0 Å². The van der Waals surface area contributed by atoms with Crippen molar-refractivity contribution in [2.45, 2.75) is 51.7 Å². The van der Waals surface area contributed by atoms with Crippen LogP contribution in [0.3, 0.4) is 0 Å². The number of carbonyl (C=O) groups is 1. The molecule has 0 radical (unpaired) electrons. The molecule has 1 aromatic heterocycles. The van der Waals surface area contributed by atoms with Crippen molar-refractivity contribution in [1.82, 2.24) is 4.98 Å². The molecule has 2 fully saturated rings. The number of nitrogens with two attached hydrogens (primary N) is 1. The predicted molar refractivity (Wildman–Crippen MR) is 122 cm³/mol. The number of hydrogen-bond donors (Lipinski definition) is 3. The van der Waals surface area contributed by atoms with Crippen molar-refractivity contribution in [2.75, 3.05) is 20.2 Å². The van der Waals surface area contributed by atoms with Gasteiger partial charge >= 0.3 is 5.97 Å². The number of rotatable bonds is 6. The molecule has 1 aromatic carbocycles. The van der Waals surface area contributed by atoms with Gasteiger partial charge in [0.1, 0.15) is 17.8 Å². The Morgan fingerprint density at radius 1 is 1.36 bits per heavy atom. The Morgan fingerprint density at radius 3 is 2.97 bits per heavy atom. The van der Waals surface area contributed by atoms with Crippen molar-refractivity contribution in [1.29, 1.82) is 0 Å². The zero-order valence-corrected chi connectivity index (χ0v) is 20.4. The number of carbonyl (C=O) groups excluding carboxylic acids is 1. The van der Waals surface area contributed by atoms with Gasteiger partial charge in [-0.25, -0.2) is 0 Å². The molecule has 1 saturated carbocycles. The number of aromatic nitrogens is 1. The van der Waals surface area contributed by atoms with Crippen molar-refractivity contribution in [2.24, 2.45) is 23.2 Å². The molecule has 1 aliphatic heterocycles. The molecule has 33 heavy (non-hydrogen) atoms. The highest BCUT2D eigenvalue weighted by molar-refractivity contribution is 5.84. The fourth-order valence-corrected chi connectivity index (χ4v) is 6.38. The number of allylic oxidation sites excluding steroid dienone is 1. The van der Waals surface area contributed by atoms with Crippen LogP contribution in [-0.4, -0.2) is 48.5 Å². The van der Waals surface area contributed by atoms with Gasteiger partial charge in [0, 0.05) is 41.3 Å².